The van der Waals surface area contributed by atoms with E-state index in [0.29, 0.717) is 5.92 Å². The molecule has 0 bridgehead atoms. The van der Waals surface area contributed by atoms with Crippen LogP contribution in [0.1, 0.15) is 34.1 Å². The Labute approximate surface area is 69.4 Å². The average Bonchev–Trinajstić information content (AvgIpc) is 1.88. The second kappa shape index (κ2) is 5.16. The molecule has 0 fully saturated rings. The summed E-state index contributed by atoms with van der Waals surface area (Å²) in [6, 6.07) is 0. The molecule has 2 nitrogen and oxygen atoms in total. The molecule has 0 saturated carbocycles. The van der Waals surface area contributed by atoms with E-state index in [1.807, 2.05) is 6.92 Å². The molecule has 0 aliphatic carbocycles. The zero-order valence-electron chi connectivity index (χ0n) is 7.98. The van der Waals surface area contributed by atoms with Crippen LogP contribution >= 0.6 is 0 Å². The number of hydrogen-bond donors (Lipinski definition) is 1. The molecule has 1 unspecified atom stereocenters. The van der Waals surface area contributed by atoms with Crippen molar-refractivity contribution < 1.29 is 4.79 Å². The molecule has 1 amide bonds. The molecule has 0 spiro atoms. The maximum Gasteiger partial charge on any atom is 0.223 e. The van der Waals surface area contributed by atoms with Gasteiger partial charge in [-0.15, -0.1) is 0 Å². The third-order valence-electron chi connectivity index (χ3n) is 1.93. The highest BCUT2D eigenvalue weighted by Gasteiger charge is 2.18. The van der Waals surface area contributed by atoms with Crippen LogP contribution in [0.25, 0.3) is 0 Å². The van der Waals surface area contributed by atoms with Crippen molar-refractivity contribution in [3.8, 4) is 0 Å². The van der Waals surface area contributed by atoms with Gasteiger partial charge in [-0.3, -0.25) is 4.79 Å². The van der Waals surface area contributed by atoms with E-state index >= 15 is 0 Å². The fourth-order valence-corrected chi connectivity index (χ4v) is 1.26. The quantitative estimate of drug-likeness (QED) is 0.662. The predicted molar refractivity (Wildman–Crippen MR) is 47.3 cm³/mol. The van der Waals surface area contributed by atoms with Gasteiger partial charge in [0.1, 0.15) is 0 Å². The van der Waals surface area contributed by atoms with Crippen LogP contribution in [0.5, 0.6) is 0 Å². The van der Waals surface area contributed by atoms with Gasteiger partial charge in [0, 0.05) is 12.5 Å². The highest BCUT2D eigenvalue weighted by molar-refractivity contribution is 5.78. The summed E-state index contributed by atoms with van der Waals surface area (Å²) in [7, 11) is 0. The lowest BCUT2D eigenvalue weighted by molar-refractivity contribution is -0.126. The Hall–Kier alpha value is -0.530. The molecule has 1 atom stereocenters. The first-order valence-corrected chi connectivity index (χ1v) is 4.41. The van der Waals surface area contributed by atoms with Gasteiger partial charge < -0.3 is 5.32 Å². The van der Waals surface area contributed by atoms with E-state index < -0.39 is 0 Å². The molecule has 0 aliphatic rings. The van der Waals surface area contributed by atoms with Crippen LogP contribution in [0, 0.1) is 11.8 Å². The predicted octanol–water partition coefficient (Wildman–Crippen LogP) is 1.80. The highest BCUT2D eigenvalue weighted by Crippen LogP contribution is 2.14. The number of carbonyl (C=O) groups excluding carboxylic acids is 1. The molecule has 0 heterocycles. The molecular formula is C9H19NO. The first-order valence-electron chi connectivity index (χ1n) is 4.41. The minimum absolute atomic E-state index is 0.190. The summed E-state index contributed by atoms with van der Waals surface area (Å²) < 4.78 is 0. The van der Waals surface area contributed by atoms with Gasteiger partial charge in [0.05, 0.1) is 0 Å². The number of amides is 1. The summed E-state index contributed by atoms with van der Waals surface area (Å²) in [6.07, 6.45) is 0.934. The fraction of sp³-hybridized carbons (Fsp3) is 0.889. The Morgan fingerprint density at radius 1 is 1.36 bits per heavy atom. The van der Waals surface area contributed by atoms with E-state index in [1.54, 1.807) is 0 Å². The van der Waals surface area contributed by atoms with Crippen LogP contribution in [0.4, 0.5) is 0 Å². The van der Waals surface area contributed by atoms with Gasteiger partial charge in [-0.25, -0.2) is 0 Å². The largest absolute Gasteiger partial charge is 0.356 e. The zero-order chi connectivity index (χ0) is 8.85. The van der Waals surface area contributed by atoms with Crippen LogP contribution in [-0.2, 0) is 4.79 Å². The Bertz CT molecular complexity index is 121. The molecule has 11 heavy (non-hydrogen) atoms. The molecule has 0 aliphatic heterocycles. The summed E-state index contributed by atoms with van der Waals surface area (Å²) in [5.41, 5.74) is 0. The van der Waals surface area contributed by atoms with Gasteiger partial charge in [0.2, 0.25) is 5.91 Å². The molecule has 0 aromatic carbocycles. The summed E-state index contributed by atoms with van der Waals surface area (Å²) in [5, 5.41) is 2.84. The minimum Gasteiger partial charge on any atom is -0.356 e. The normalized spacial score (nSPS) is 13.2. The first-order chi connectivity index (χ1) is 5.13. The summed E-state index contributed by atoms with van der Waals surface area (Å²) >= 11 is 0. The van der Waals surface area contributed by atoms with Gasteiger partial charge in [0.15, 0.2) is 0 Å². The minimum atomic E-state index is 0.190. The summed E-state index contributed by atoms with van der Waals surface area (Å²) in [4.78, 5) is 11.3. The molecule has 2 heteroatoms. The zero-order valence-corrected chi connectivity index (χ0v) is 7.98. The van der Waals surface area contributed by atoms with E-state index in [2.05, 4.69) is 26.1 Å². The van der Waals surface area contributed by atoms with Gasteiger partial charge in [0.25, 0.3) is 0 Å². The molecule has 0 aromatic rings. The lowest BCUT2D eigenvalue weighted by Gasteiger charge is -2.17. The molecule has 0 rings (SSSR count). The van der Waals surface area contributed by atoms with E-state index in [4.69, 9.17) is 0 Å². The van der Waals surface area contributed by atoms with Crippen molar-refractivity contribution in [2.45, 2.75) is 34.1 Å². The maximum absolute atomic E-state index is 11.3. The molecule has 0 aromatic heterocycles. The topological polar surface area (TPSA) is 29.1 Å². The van der Waals surface area contributed by atoms with E-state index in [0.717, 1.165) is 13.0 Å². The van der Waals surface area contributed by atoms with Crippen molar-refractivity contribution in [1.82, 2.24) is 5.32 Å². The Morgan fingerprint density at radius 3 is 2.18 bits per heavy atom. The Kier molecular flexibility index (Phi) is 4.92. The summed E-state index contributed by atoms with van der Waals surface area (Å²) in [6.45, 7) is 8.92. The van der Waals surface area contributed by atoms with Crippen molar-refractivity contribution >= 4 is 5.91 Å². The average molecular weight is 157 g/mol. The smallest absolute Gasteiger partial charge is 0.223 e. The fourth-order valence-electron chi connectivity index (χ4n) is 1.26. The lowest BCUT2D eigenvalue weighted by atomic mass is 9.92. The summed E-state index contributed by atoms with van der Waals surface area (Å²) in [5.74, 6) is 0.839. The Morgan fingerprint density at radius 2 is 1.91 bits per heavy atom. The third kappa shape index (κ3) is 3.40. The van der Waals surface area contributed by atoms with E-state index in [9.17, 15) is 4.79 Å². The van der Waals surface area contributed by atoms with Gasteiger partial charge in [-0.2, -0.15) is 0 Å². The van der Waals surface area contributed by atoms with E-state index in [1.165, 1.54) is 0 Å². The molecular weight excluding hydrogens is 138 g/mol. The van der Waals surface area contributed by atoms with Crippen molar-refractivity contribution in [1.29, 1.82) is 0 Å². The molecule has 1 N–H and O–H groups in total. The van der Waals surface area contributed by atoms with Crippen LogP contribution in [0.3, 0.4) is 0 Å². The Balaban J connectivity index is 3.92. The highest BCUT2D eigenvalue weighted by atomic mass is 16.1. The SMILES string of the molecule is CCNC(=O)C(CC)C(C)C. The number of carbonyl (C=O) groups is 1. The van der Waals surface area contributed by atoms with Crippen LogP contribution in [0.2, 0.25) is 0 Å². The van der Waals surface area contributed by atoms with E-state index in [-0.39, 0.29) is 11.8 Å². The first kappa shape index (κ1) is 10.5. The third-order valence-corrected chi connectivity index (χ3v) is 1.93. The standard InChI is InChI=1S/C9H19NO/c1-5-8(7(3)4)9(11)10-6-2/h7-8H,5-6H2,1-4H3,(H,10,11). The van der Waals surface area contributed by atoms with Gasteiger partial charge in [-0.05, 0) is 19.3 Å². The van der Waals surface area contributed by atoms with Gasteiger partial charge in [-0.1, -0.05) is 20.8 Å². The second-order valence-corrected chi connectivity index (χ2v) is 3.15. The van der Waals surface area contributed by atoms with Crippen LogP contribution in [0.15, 0.2) is 0 Å². The van der Waals surface area contributed by atoms with Gasteiger partial charge >= 0.3 is 0 Å². The lowest BCUT2D eigenvalue weighted by Crippen LogP contribution is -2.32. The molecule has 66 valence electrons. The maximum atomic E-state index is 11.3. The van der Waals surface area contributed by atoms with Crippen LogP contribution < -0.4 is 5.32 Å². The van der Waals surface area contributed by atoms with Crippen molar-refractivity contribution in [2.75, 3.05) is 6.54 Å². The van der Waals surface area contributed by atoms with Crippen LogP contribution in [-0.4, -0.2) is 12.5 Å². The van der Waals surface area contributed by atoms with Crippen molar-refractivity contribution in [2.24, 2.45) is 11.8 Å². The number of nitrogens with one attached hydrogen (secondary N) is 1. The monoisotopic (exact) mass is 157 g/mol. The molecule has 0 saturated heterocycles. The number of hydrogen-bond acceptors (Lipinski definition) is 1. The second-order valence-electron chi connectivity index (χ2n) is 3.15. The molecule has 0 radical (unpaired) electrons. The van der Waals surface area contributed by atoms with Crippen molar-refractivity contribution in [3.63, 3.8) is 0 Å². The van der Waals surface area contributed by atoms with Crippen molar-refractivity contribution in [3.05, 3.63) is 0 Å². The number of rotatable bonds is 4.